The first-order valence-corrected chi connectivity index (χ1v) is 6.55. The number of hydrogen-bond donors (Lipinski definition) is 1. The lowest BCUT2D eigenvalue weighted by atomic mass is 9.93. The van der Waals surface area contributed by atoms with Crippen LogP contribution in [0.2, 0.25) is 10.0 Å². The third-order valence-corrected chi connectivity index (χ3v) is 3.66. The molecular weight excluding hydrogens is 286 g/mol. The standard InChI is InChI=1S/C15H13Cl2FO/c1-8-5-11(18)6-9(2)14(8)15(19)12-7-10(16)3-4-13(12)17/h3-7,15,19H,1-2H3. The van der Waals surface area contributed by atoms with Gasteiger partial charge in [0.1, 0.15) is 11.9 Å². The van der Waals surface area contributed by atoms with Crippen LogP contribution in [0.15, 0.2) is 30.3 Å². The fourth-order valence-corrected chi connectivity index (χ4v) is 2.63. The van der Waals surface area contributed by atoms with Gasteiger partial charge in [-0.15, -0.1) is 0 Å². The molecule has 0 aliphatic rings. The number of rotatable bonds is 2. The second-order valence-corrected chi connectivity index (χ2v) is 5.37. The summed E-state index contributed by atoms with van der Waals surface area (Å²) in [6, 6.07) is 7.70. The molecule has 0 saturated heterocycles. The van der Waals surface area contributed by atoms with Gasteiger partial charge >= 0.3 is 0 Å². The van der Waals surface area contributed by atoms with Gasteiger partial charge in [-0.25, -0.2) is 4.39 Å². The number of benzene rings is 2. The average Bonchev–Trinajstić information content (AvgIpc) is 2.30. The Hall–Kier alpha value is -1.09. The average molecular weight is 299 g/mol. The van der Waals surface area contributed by atoms with E-state index >= 15 is 0 Å². The van der Waals surface area contributed by atoms with Gasteiger partial charge in [0.05, 0.1) is 0 Å². The first-order chi connectivity index (χ1) is 8.90. The van der Waals surface area contributed by atoms with E-state index in [0.717, 1.165) is 0 Å². The van der Waals surface area contributed by atoms with Crippen molar-refractivity contribution >= 4 is 23.2 Å². The molecule has 0 aliphatic carbocycles. The molecule has 0 aromatic heterocycles. The fraction of sp³-hybridized carbons (Fsp3) is 0.200. The number of aryl methyl sites for hydroxylation is 2. The van der Waals surface area contributed by atoms with Gasteiger partial charge in [-0.1, -0.05) is 23.2 Å². The molecule has 0 amide bonds. The maximum Gasteiger partial charge on any atom is 0.123 e. The first kappa shape index (κ1) is 14.3. The topological polar surface area (TPSA) is 20.2 Å². The quantitative estimate of drug-likeness (QED) is 0.842. The van der Waals surface area contributed by atoms with Gasteiger partial charge in [0.2, 0.25) is 0 Å². The third-order valence-electron chi connectivity index (χ3n) is 3.08. The summed E-state index contributed by atoms with van der Waals surface area (Å²) >= 11 is 12.0. The van der Waals surface area contributed by atoms with Crippen LogP contribution in [-0.2, 0) is 0 Å². The van der Waals surface area contributed by atoms with Crippen LogP contribution >= 0.6 is 23.2 Å². The second-order valence-electron chi connectivity index (χ2n) is 4.52. The van der Waals surface area contributed by atoms with Crippen molar-refractivity contribution in [3.05, 3.63) is 68.4 Å². The Labute approximate surface area is 121 Å². The van der Waals surface area contributed by atoms with Gasteiger partial charge in [0, 0.05) is 15.6 Å². The molecule has 4 heteroatoms. The van der Waals surface area contributed by atoms with Crippen LogP contribution in [0.4, 0.5) is 4.39 Å². The van der Waals surface area contributed by atoms with Crippen molar-refractivity contribution in [1.29, 1.82) is 0 Å². The lowest BCUT2D eigenvalue weighted by molar-refractivity contribution is 0.218. The third kappa shape index (κ3) is 2.92. The molecule has 100 valence electrons. The molecule has 0 radical (unpaired) electrons. The second kappa shape index (κ2) is 5.49. The zero-order valence-electron chi connectivity index (χ0n) is 10.5. The van der Waals surface area contributed by atoms with Crippen LogP contribution in [0.25, 0.3) is 0 Å². The van der Waals surface area contributed by atoms with E-state index < -0.39 is 6.10 Å². The lowest BCUT2D eigenvalue weighted by Gasteiger charge is -2.18. The zero-order chi connectivity index (χ0) is 14.2. The predicted octanol–water partition coefficient (Wildman–Crippen LogP) is 4.83. The molecule has 0 bridgehead atoms. The van der Waals surface area contributed by atoms with Crippen LogP contribution in [0.5, 0.6) is 0 Å². The summed E-state index contributed by atoms with van der Waals surface area (Å²) in [5, 5.41) is 11.4. The smallest absolute Gasteiger partial charge is 0.123 e. The van der Waals surface area contributed by atoms with Gasteiger partial charge in [0.15, 0.2) is 0 Å². The highest BCUT2D eigenvalue weighted by molar-refractivity contribution is 6.33. The van der Waals surface area contributed by atoms with Crippen LogP contribution in [0.3, 0.4) is 0 Å². The predicted molar refractivity (Wildman–Crippen MR) is 76.4 cm³/mol. The highest BCUT2D eigenvalue weighted by Gasteiger charge is 2.19. The summed E-state index contributed by atoms with van der Waals surface area (Å²) in [5.74, 6) is -0.317. The minimum Gasteiger partial charge on any atom is -0.384 e. The Morgan fingerprint density at radius 3 is 2.21 bits per heavy atom. The van der Waals surface area contributed by atoms with Crippen LogP contribution in [-0.4, -0.2) is 5.11 Å². The van der Waals surface area contributed by atoms with E-state index in [9.17, 15) is 9.50 Å². The van der Waals surface area contributed by atoms with E-state index in [2.05, 4.69) is 0 Å². The molecular formula is C15H13Cl2FO. The Kier molecular flexibility index (Phi) is 4.14. The van der Waals surface area contributed by atoms with E-state index in [1.807, 2.05) is 0 Å². The van der Waals surface area contributed by atoms with Gasteiger partial charge in [-0.2, -0.15) is 0 Å². The van der Waals surface area contributed by atoms with Crippen LogP contribution in [0, 0.1) is 19.7 Å². The van der Waals surface area contributed by atoms with Crippen molar-refractivity contribution in [1.82, 2.24) is 0 Å². The molecule has 19 heavy (non-hydrogen) atoms. The Morgan fingerprint density at radius 2 is 1.63 bits per heavy atom. The number of halogens is 3. The zero-order valence-corrected chi connectivity index (χ0v) is 12.1. The minimum atomic E-state index is -0.924. The van der Waals surface area contributed by atoms with E-state index in [4.69, 9.17) is 23.2 Å². The molecule has 2 aromatic carbocycles. The van der Waals surface area contributed by atoms with E-state index in [-0.39, 0.29) is 5.82 Å². The Bertz CT molecular complexity index is 603. The van der Waals surface area contributed by atoms with Crippen LogP contribution in [0.1, 0.15) is 28.4 Å². The van der Waals surface area contributed by atoms with Crippen molar-refractivity contribution in [3.63, 3.8) is 0 Å². The highest BCUT2D eigenvalue weighted by Crippen LogP contribution is 2.33. The molecule has 0 heterocycles. The Balaban J connectivity index is 2.56. The molecule has 1 unspecified atom stereocenters. The van der Waals surface area contributed by atoms with Crippen molar-refractivity contribution in [2.75, 3.05) is 0 Å². The van der Waals surface area contributed by atoms with E-state index in [0.29, 0.717) is 32.3 Å². The minimum absolute atomic E-state index is 0.317. The number of aliphatic hydroxyl groups is 1. The molecule has 0 saturated carbocycles. The SMILES string of the molecule is Cc1cc(F)cc(C)c1C(O)c1cc(Cl)ccc1Cl. The van der Waals surface area contributed by atoms with Crippen molar-refractivity contribution in [2.45, 2.75) is 20.0 Å². The first-order valence-electron chi connectivity index (χ1n) is 5.80. The summed E-state index contributed by atoms with van der Waals surface area (Å²) in [4.78, 5) is 0. The van der Waals surface area contributed by atoms with E-state index in [1.165, 1.54) is 12.1 Å². The van der Waals surface area contributed by atoms with Gasteiger partial charge in [0.25, 0.3) is 0 Å². The maximum atomic E-state index is 13.3. The molecule has 1 N–H and O–H groups in total. The van der Waals surface area contributed by atoms with Crippen molar-refractivity contribution in [2.24, 2.45) is 0 Å². The number of aliphatic hydroxyl groups excluding tert-OH is 1. The molecule has 0 spiro atoms. The summed E-state index contributed by atoms with van der Waals surface area (Å²) < 4.78 is 13.3. The van der Waals surface area contributed by atoms with E-state index in [1.54, 1.807) is 32.0 Å². The van der Waals surface area contributed by atoms with Gasteiger partial charge in [-0.3, -0.25) is 0 Å². The van der Waals surface area contributed by atoms with Gasteiger partial charge in [-0.05, 0) is 60.9 Å². The summed E-state index contributed by atoms with van der Waals surface area (Å²) in [6.07, 6.45) is -0.924. The molecule has 2 aromatic rings. The van der Waals surface area contributed by atoms with Crippen LogP contribution < -0.4 is 0 Å². The fourth-order valence-electron chi connectivity index (χ4n) is 2.23. The maximum absolute atomic E-state index is 13.3. The highest BCUT2D eigenvalue weighted by atomic mass is 35.5. The molecule has 0 fully saturated rings. The number of hydrogen-bond acceptors (Lipinski definition) is 1. The summed E-state index contributed by atoms with van der Waals surface area (Å²) in [6.45, 7) is 3.51. The lowest BCUT2D eigenvalue weighted by Crippen LogP contribution is -2.06. The molecule has 1 nitrogen and oxygen atoms in total. The molecule has 0 aliphatic heterocycles. The Morgan fingerprint density at radius 1 is 1.05 bits per heavy atom. The van der Waals surface area contributed by atoms with Gasteiger partial charge < -0.3 is 5.11 Å². The van der Waals surface area contributed by atoms with Crippen molar-refractivity contribution in [3.8, 4) is 0 Å². The largest absolute Gasteiger partial charge is 0.384 e. The summed E-state index contributed by atoms with van der Waals surface area (Å²) in [7, 11) is 0. The summed E-state index contributed by atoms with van der Waals surface area (Å²) in [5.41, 5.74) is 2.54. The van der Waals surface area contributed by atoms with Crippen molar-refractivity contribution < 1.29 is 9.50 Å². The monoisotopic (exact) mass is 298 g/mol. The normalized spacial score (nSPS) is 12.5. The molecule has 2 rings (SSSR count). The molecule has 1 atom stereocenters.